The van der Waals surface area contributed by atoms with Gasteiger partial charge in [-0.1, -0.05) is 183 Å². The maximum Gasteiger partial charge on any atom is 0.407 e. The third-order valence-electron chi connectivity index (χ3n) is 26.3. The van der Waals surface area contributed by atoms with E-state index in [2.05, 4.69) is 133 Å². The summed E-state index contributed by atoms with van der Waals surface area (Å²) in [6.07, 6.45) is 36.5. The van der Waals surface area contributed by atoms with Gasteiger partial charge in [-0.3, -0.25) is 9.59 Å². The zero-order valence-electron chi connectivity index (χ0n) is 65.2. The van der Waals surface area contributed by atoms with E-state index in [9.17, 15) is 39.0 Å². The molecule has 1 aromatic rings. The number of nitrogens with zero attached hydrogens (tertiary/aromatic N) is 1. The van der Waals surface area contributed by atoms with Gasteiger partial charge in [-0.2, -0.15) is 12.6 Å². The number of aromatic nitrogens is 1. The largest absolute Gasteiger partial charge is 0.550 e. The van der Waals surface area contributed by atoms with E-state index in [0.717, 1.165) is 162 Å². The highest BCUT2D eigenvalue weighted by molar-refractivity contribution is 8.77. The minimum atomic E-state index is -1.40. The molecular weight excluding hydrogens is 1420 g/mol. The molecular formula is C83H131N5O12S5-2. The molecule has 592 valence electrons. The summed E-state index contributed by atoms with van der Waals surface area (Å²) in [5, 5.41) is 49.1. The Morgan fingerprint density at radius 3 is 1.48 bits per heavy atom. The number of carboxylic acids is 4. The summed E-state index contributed by atoms with van der Waals surface area (Å²) in [5.74, 6) is 6.52. The summed E-state index contributed by atoms with van der Waals surface area (Å²) >= 11 is 3.48. The standard InChI is InChI=1S/C40H63N3O2S2.C39H64N2O6S2.C4H6O4S/c1-28(2)11-9-12-29(3)34-17-18-35-33-16-15-31-27-32(19-21-39(31,5)36(33)20-22-40(34,35)6)45-38(44)43-25-24-41-30(4)13-10-26-46-47-37-14-7-8-23-42-37;1-25(2)9-7-10-26(3)31-14-15-32-30-13-12-28-23-29(16-18-38(28,5)33(30)17-19-39(31,32)6)47-37(46)41-21-20-40-27(4)11-8-22-48-49-34(36(44)45)24-35(42)43;5-3(6)1-2(9)4(7)8/h7-8,14-15,23,28-29,32-36,41H,4,9-13,16-22,24-27H2,1-3,5-6H3,(H,43,44);12,25-26,29-34,40H,4,7-11,13-24H2,1-3,5-6H3,(H,41,46)(H,42,43)(H,44,45);2,9H,1H2,(H,5,6)(H,7,8)/p-2. The zero-order chi connectivity index (χ0) is 76.7. The van der Waals surface area contributed by atoms with Crippen LogP contribution in [0.15, 0.2) is 77.3 Å². The highest BCUT2D eigenvalue weighted by Crippen LogP contribution is 2.69. The van der Waals surface area contributed by atoms with Crippen molar-refractivity contribution in [3.05, 3.63) is 72.2 Å². The van der Waals surface area contributed by atoms with Gasteiger partial charge >= 0.3 is 24.1 Å². The third-order valence-corrected chi connectivity index (χ3v) is 31.8. The fourth-order valence-electron chi connectivity index (χ4n) is 20.8. The highest BCUT2D eigenvalue weighted by Gasteiger charge is 2.61. The second-order valence-corrected chi connectivity index (χ2v) is 39.8. The molecule has 8 aliphatic rings. The summed E-state index contributed by atoms with van der Waals surface area (Å²) in [7, 11) is 5.83. The quantitative estimate of drug-likeness (QED) is 0.0140. The predicted molar refractivity (Wildman–Crippen MR) is 429 cm³/mol. The molecule has 0 spiro atoms. The molecule has 18 unspecified atom stereocenters. The number of carboxylic acid groups (broad SMARTS) is 4. The Kier molecular flexibility index (Phi) is 35.5. The van der Waals surface area contributed by atoms with Crippen LogP contribution in [0.3, 0.4) is 0 Å². The van der Waals surface area contributed by atoms with Crippen molar-refractivity contribution in [2.45, 2.75) is 277 Å². The third kappa shape index (κ3) is 25.5. The van der Waals surface area contributed by atoms with Gasteiger partial charge in [-0.05, 0) is 231 Å². The van der Waals surface area contributed by atoms with Crippen LogP contribution in [0.5, 0.6) is 0 Å². The number of nitrogens with one attached hydrogen (secondary N) is 4. The topological polar surface area (TPSA) is 268 Å². The van der Waals surface area contributed by atoms with Crippen LogP contribution in [0, 0.1) is 92.7 Å². The molecule has 0 aromatic carbocycles. The molecule has 0 saturated heterocycles. The number of pyridine rings is 1. The molecule has 6 saturated carbocycles. The van der Waals surface area contributed by atoms with Crippen LogP contribution in [-0.2, 0) is 28.7 Å². The summed E-state index contributed by atoms with van der Waals surface area (Å²) in [6.45, 7) is 35.3. The molecule has 105 heavy (non-hydrogen) atoms. The van der Waals surface area contributed by atoms with Gasteiger partial charge in [0.05, 0.1) is 17.6 Å². The van der Waals surface area contributed by atoms with Gasteiger partial charge in [0.25, 0.3) is 0 Å². The first-order valence-corrected chi connectivity index (χ1v) is 45.2. The summed E-state index contributed by atoms with van der Waals surface area (Å²) in [6, 6.07) is 5.99. The van der Waals surface area contributed by atoms with Gasteiger partial charge in [0.15, 0.2) is 0 Å². The predicted octanol–water partition coefficient (Wildman–Crippen LogP) is 17.3. The zero-order valence-corrected chi connectivity index (χ0v) is 69.3. The molecule has 22 heteroatoms. The van der Waals surface area contributed by atoms with Crippen LogP contribution in [0.2, 0.25) is 0 Å². The first-order valence-electron chi connectivity index (χ1n) is 40.0. The van der Waals surface area contributed by atoms with E-state index in [1.54, 1.807) is 16.4 Å². The molecule has 9 rings (SSSR count). The van der Waals surface area contributed by atoms with Crippen molar-refractivity contribution in [2.75, 3.05) is 37.7 Å². The number of thiol groups is 1. The van der Waals surface area contributed by atoms with Crippen LogP contribution in [0.1, 0.15) is 249 Å². The van der Waals surface area contributed by atoms with E-state index in [1.807, 2.05) is 35.2 Å². The van der Waals surface area contributed by atoms with Crippen LogP contribution in [0.25, 0.3) is 0 Å². The molecule has 1 aromatic heterocycles. The first kappa shape index (κ1) is 88.1. The molecule has 6 fully saturated rings. The normalized spacial score (nSPS) is 30.3. The second kappa shape index (κ2) is 42.3. The van der Waals surface area contributed by atoms with Crippen LogP contribution < -0.4 is 31.5 Å². The number of alkyl carbamates (subject to hydrolysis) is 2. The minimum Gasteiger partial charge on any atom is -0.550 e. The van der Waals surface area contributed by atoms with E-state index >= 15 is 0 Å². The van der Waals surface area contributed by atoms with Crippen molar-refractivity contribution < 1.29 is 58.7 Å². The van der Waals surface area contributed by atoms with Gasteiger partial charge in [0.1, 0.15) is 22.5 Å². The molecule has 2 amide bonds. The number of ether oxygens (including phenoxy) is 2. The Labute approximate surface area is 651 Å². The molecule has 17 nitrogen and oxygen atoms in total. The van der Waals surface area contributed by atoms with Crippen molar-refractivity contribution in [1.29, 1.82) is 0 Å². The van der Waals surface area contributed by atoms with E-state index in [4.69, 9.17) is 19.7 Å². The van der Waals surface area contributed by atoms with Crippen molar-refractivity contribution in [2.24, 2.45) is 92.7 Å². The maximum absolute atomic E-state index is 12.7. The van der Waals surface area contributed by atoms with Gasteiger partial charge in [-0.15, -0.1) is 0 Å². The number of amides is 2. The fraction of sp³-hybridized carbons (Fsp3) is 0.771. The molecule has 8 aliphatic carbocycles. The average molecular weight is 1550 g/mol. The van der Waals surface area contributed by atoms with Gasteiger partial charge < -0.3 is 60.8 Å². The van der Waals surface area contributed by atoms with Crippen molar-refractivity contribution >= 4 is 91.9 Å². The highest BCUT2D eigenvalue weighted by atomic mass is 33.1. The number of allylic oxidation sites excluding steroid dienone is 4. The molecule has 0 radical (unpaired) electrons. The van der Waals surface area contributed by atoms with E-state index in [1.165, 1.54) is 119 Å². The summed E-state index contributed by atoms with van der Waals surface area (Å²) in [4.78, 5) is 71.1. The number of hydrogen-bond acceptors (Lipinski definition) is 18. The number of rotatable bonds is 38. The lowest BCUT2D eigenvalue weighted by Gasteiger charge is -2.58. The van der Waals surface area contributed by atoms with Crippen LogP contribution in [0.4, 0.5) is 9.59 Å². The van der Waals surface area contributed by atoms with E-state index in [-0.39, 0.29) is 35.2 Å². The molecule has 1 heterocycles. The number of fused-ring (bicyclic) bond motifs is 10. The fourth-order valence-corrected chi connectivity index (χ4v) is 25.3. The lowest BCUT2D eigenvalue weighted by Crippen LogP contribution is -2.51. The Balaban J connectivity index is 0.000000262. The first-order chi connectivity index (χ1) is 49.9. The Bertz CT molecular complexity index is 3070. The second-order valence-electron chi connectivity index (χ2n) is 34.1. The Morgan fingerprint density at radius 2 is 1.07 bits per heavy atom. The van der Waals surface area contributed by atoms with Crippen molar-refractivity contribution in [1.82, 2.24) is 26.3 Å². The van der Waals surface area contributed by atoms with Gasteiger partial charge in [0.2, 0.25) is 0 Å². The maximum atomic E-state index is 12.7. The monoisotopic (exact) mass is 1550 g/mol. The number of carbonyl (C=O) groups excluding carboxylic acids is 4. The van der Waals surface area contributed by atoms with Crippen LogP contribution in [-0.4, -0.2) is 112 Å². The average Bonchev–Trinajstić information content (AvgIpc) is 1.69. The molecule has 6 N–H and O–H groups in total. The molecule has 0 bridgehead atoms. The van der Waals surface area contributed by atoms with Gasteiger partial charge in [0, 0.05) is 80.5 Å². The minimum absolute atomic E-state index is 0.00772. The SMILES string of the molecule is C=C(CCCSSC(CC(=O)[O-])C(=O)[O-])NCCNC(=O)OC1CCC2(C)C(=CCC3C2CCC2(C)C(C(C)CCCC(C)C)CCC32)C1.C=C(CCCSSc1ccccn1)NCCNC(=O)OC1CCC2(C)C(=CCC3C2CCC2(C)C(C(C)CCCC(C)C)CCC32)C1.O=C(O)CC(S)C(=O)O. The van der Waals surface area contributed by atoms with Gasteiger partial charge in [-0.25, -0.2) is 14.6 Å². The smallest absolute Gasteiger partial charge is 0.407 e. The Hall–Kier alpha value is -4.12. The Morgan fingerprint density at radius 1 is 0.600 bits per heavy atom. The molecule has 0 aliphatic heterocycles. The van der Waals surface area contributed by atoms with Crippen molar-refractivity contribution in [3.63, 3.8) is 0 Å². The summed E-state index contributed by atoms with van der Waals surface area (Å²) in [5.41, 5.74) is 6.48. The molecule has 18 atom stereocenters. The lowest BCUT2D eigenvalue weighted by molar-refractivity contribution is -0.314. The number of carbonyl (C=O) groups is 6. The number of aliphatic carboxylic acids is 4. The van der Waals surface area contributed by atoms with E-state index in [0.29, 0.717) is 49.2 Å². The van der Waals surface area contributed by atoms with Crippen LogP contribution >= 0.6 is 55.8 Å². The van der Waals surface area contributed by atoms with E-state index < -0.39 is 47.2 Å². The van der Waals surface area contributed by atoms with Crippen molar-refractivity contribution in [3.8, 4) is 0 Å². The number of hydrogen-bond donors (Lipinski definition) is 7. The summed E-state index contributed by atoms with van der Waals surface area (Å²) < 4.78 is 11.9. The lowest BCUT2D eigenvalue weighted by atomic mass is 9.47.